The fraction of sp³-hybridized carbons (Fsp3) is 0. The molecule has 2 amide bonds. The van der Waals surface area contributed by atoms with E-state index >= 15 is 0 Å². The summed E-state index contributed by atoms with van der Waals surface area (Å²) >= 11 is 0. The van der Waals surface area contributed by atoms with Crippen molar-refractivity contribution < 1.29 is 39.1 Å². The molecule has 1 aliphatic rings. The van der Waals surface area contributed by atoms with E-state index in [9.17, 15) is 39.5 Å². The number of rotatable bonds is 6. The van der Waals surface area contributed by atoms with Gasteiger partial charge in [-0.05, 0) is 59.7 Å². The van der Waals surface area contributed by atoms with Crippen molar-refractivity contribution in [2.45, 2.75) is 0 Å². The van der Waals surface area contributed by atoms with Gasteiger partial charge >= 0.3 is 0 Å². The second kappa shape index (κ2) is 7.89. The number of fused-ring (bicyclic) bond motifs is 1. The highest BCUT2D eigenvalue weighted by Gasteiger charge is 2.37. The van der Waals surface area contributed by atoms with Crippen molar-refractivity contribution >= 4 is 35.1 Å². The van der Waals surface area contributed by atoms with Crippen molar-refractivity contribution in [1.29, 1.82) is 0 Å². The third-order valence-electron chi connectivity index (χ3n) is 4.79. The average Bonchev–Trinajstić information content (AvgIpc) is 3.03. The second-order valence-corrected chi connectivity index (χ2v) is 6.85. The van der Waals surface area contributed by atoms with Gasteiger partial charge in [-0.15, -0.1) is 0 Å². The molecule has 3 aromatic rings. The molecule has 11 nitrogen and oxygen atoms in total. The lowest BCUT2D eigenvalue weighted by molar-refractivity contribution is -0.384. The van der Waals surface area contributed by atoms with Gasteiger partial charge in [-0.25, -0.2) is 4.90 Å². The number of carbonyl (C=O) groups is 4. The van der Waals surface area contributed by atoms with Gasteiger partial charge in [0.15, 0.2) is 0 Å². The van der Waals surface area contributed by atoms with E-state index in [-0.39, 0.29) is 34.0 Å². The van der Waals surface area contributed by atoms with Crippen LogP contribution in [0.1, 0.15) is 41.4 Å². The Kier molecular flexibility index (Phi) is 5.06. The Balaban J connectivity index is 1.67. The van der Waals surface area contributed by atoms with E-state index in [4.69, 9.17) is 4.74 Å². The van der Waals surface area contributed by atoms with Crippen LogP contribution in [0.3, 0.4) is 0 Å². The lowest BCUT2D eigenvalue weighted by atomic mass is 10.1. The topological polar surface area (TPSA) is 170 Å². The van der Waals surface area contributed by atoms with Gasteiger partial charge < -0.3 is 24.5 Å². The van der Waals surface area contributed by atoms with E-state index in [2.05, 4.69) is 0 Å². The zero-order chi connectivity index (χ0) is 23.9. The minimum absolute atomic E-state index is 0.00935. The van der Waals surface area contributed by atoms with Gasteiger partial charge in [0.05, 0.1) is 33.7 Å². The van der Waals surface area contributed by atoms with Crippen LogP contribution in [0.4, 0.5) is 11.4 Å². The van der Waals surface area contributed by atoms with Crippen LogP contribution in [0.15, 0.2) is 60.7 Å². The molecule has 0 fully saturated rings. The molecule has 33 heavy (non-hydrogen) atoms. The molecular weight excluding hydrogens is 436 g/mol. The maximum Gasteiger partial charge on any atom is 0.269 e. The SMILES string of the molecule is O=C([O-])c1cc(C(=O)[O-])cc(N2C(=O)c3ccc(Oc4ccc([N+](=O)[O-])cc4)cc3C2=O)c1. The Morgan fingerprint density at radius 3 is 1.85 bits per heavy atom. The lowest BCUT2D eigenvalue weighted by Gasteiger charge is -2.17. The zero-order valence-electron chi connectivity index (χ0n) is 16.3. The first-order chi connectivity index (χ1) is 15.7. The van der Waals surface area contributed by atoms with Crippen molar-refractivity contribution in [3.63, 3.8) is 0 Å². The van der Waals surface area contributed by atoms with Gasteiger partial charge in [0.25, 0.3) is 17.5 Å². The lowest BCUT2D eigenvalue weighted by Crippen LogP contribution is -2.31. The molecule has 0 unspecified atom stereocenters. The molecule has 0 bridgehead atoms. The molecule has 4 rings (SSSR count). The largest absolute Gasteiger partial charge is 0.545 e. The number of nitro groups is 1. The first-order valence-corrected chi connectivity index (χ1v) is 9.18. The molecule has 0 radical (unpaired) electrons. The number of hydrogen-bond donors (Lipinski definition) is 0. The number of imide groups is 1. The van der Waals surface area contributed by atoms with Crippen LogP contribution >= 0.6 is 0 Å². The van der Waals surface area contributed by atoms with Crippen LogP contribution in [0.5, 0.6) is 11.5 Å². The zero-order valence-corrected chi connectivity index (χ0v) is 16.3. The molecule has 3 aromatic carbocycles. The minimum atomic E-state index is -1.70. The standard InChI is InChI=1S/C22H12N2O9/c25-19-17-6-5-16(33-15-3-1-13(2-4-15)24(31)32)10-18(17)20(26)23(19)14-8-11(21(27)28)7-12(9-14)22(29)30/h1-10H,(H,27,28)(H,29,30)/p-2. The summed E-state index contributed by atoms with van der Waals surface area (Å²) in [6.07, 6.45) is 0. The summed E-state index contributed by atoms with van der Waals surface area (Å²) in [5, 5.41) is 33.2. The van der Waals surface area contributed by atoms with Crippen LogP contribution in [-0.2, 0) is 0 Å². The third-order valence-corrected chi connectivity index (χ3v) is 4.79. The minimum Gasteiger partial charge on any atom is -0.545 e. The predicted octanol–water partition coefficient (Wildman–Crippen LogP) is 0.915. The highest BCUT2D eigenvalue weighted by molar-refractivity contribution is 6.34. The Hall–Kier alpha value is -5.06. The van der Waals surface area contributed by atoms with Crippen molar-refractivity contribution in [3.8, 4) is 11.5 Å². The molecule has 0 saturated carbocycles. The molecule has 0 N–H and O–H groups in total. The first-order valence-electron chi connectivity index (χ1n) is 9.18. The smallest absolute Gasteiger partial charge is 0.269 e. The molecule has 0 aliphatic carbocycles. The highest BCUT2D eigenvalue weighted by atomic mass is 16.6. The second-order valence-electron chi connectivity index (χ2n) is 6.85. The fourth-order valence-electron chi connectivity index (χ4n) is 3.27. The van der Waals surface area contributed by atoms with Crippen molar-refractivity contribution in [1.82, 2.24) is 0 Å². The highest BCUT2D eigenvalue weighted by Crippen LogP contribution is 2.33. The van der Waals surface area contributed by atoms with E-state index in [1.54, 1.807) is 0 Å². The summed E-state index contributed by atoms with van der Waals surface area (Å²) in [7, 11) is 0. The van der Waals surface area contributed by atoms with Crippen molar-refractivity contribution in [2.75, 3.05) is 4.90 Å². The van der Waals surface area contributed by atoms with Crippen LogP contribution in [0, 0.1) is 10.1 Å². The van der Waals surface area contributed by atoms with Gasteiger partial charge in [-0.3, -0.25) is 19.7 Å². The van der Waals surface area contributed by atoms with Crippen LogP contribution in [0.25, 0.3) is 0 Å². The van der Waals surface area contributed by atoms with Gasteiger partial charge in [-0.1, -0.05) is 0 Å². The molecule has 0 spiro atoms. The summed E-state index contributed by atoms with van der Waals surface area (Å²) in [4.78, 5) is 59.0. The van der Waals surface area contributed by atoms with E-state index in [0.717, 1.165) is 18.2 Å². The molecule has 0 aromatic heterocycles. The van der Waals surface area contributed by atoms with Gasteiger partial charge in [0.1, 0.15) is 11.5 Å². The van der Waals surface area contributed by atoms with E-state index < -0.39 is 39.8 Å². The third kappa shape index (κ3) is 3.85. The van der Waals surface area contributed by atoms with Crippen LogP contribution in [0.2, 0.25) is 0 Å². The van der Waals surface area contributed by atoms with Crippen molar-refractivity contribution in [3.05, 3.63) is 93.0 Å². The Morgan fingerprint density at radius 1 is 0.758 bits per heavy atom. The maximum atomic E-state index is 12.9. The number of benzene rings is 3. The number of ether oxygens (including phenoxy) is 1. The normalized spacial score (nSPS) is 12.4. The van der Waals surface area contributed by atoms with Crippen LogP contribution < -0.4 is 19.8 Å². The predicted molar refractivity (Wildman–Crippen MR) is 106 cm³/mol. The summed E-state index contributed by atoms with van der Waals surface area (Å²) in [5.74, 6) is -4.62. The summed E-state index contributed by atoms with van der Waals surface area (Å²) in [6, 6.07) is 11.9. The maximum absolute atomic E-state index is 12.9. The molecule has 0 atom stereocenters. The van der Waals surface area contributed by atoms with E-state index in [1.165, 1.54) is 42.5 Å². The first kappa shape index (κ1) is 21.2. The number of nitrogens with zero attached hydrogens (tertiary/aromatic N) is 2. The van der Waals surface area contributed by atoms with Gasteiger partial charge in [-0.2, -0.15) is 0 Å². The van der Waals surface area contributed by atoms with Gasteiger partial charge in [0, 0.05) is 12.1 Å². The quantitative estimate of drug-likeness (QED) is 0.303. The fourth-order valence-corrected chi connectivity index (χ4v) is 3.27. The molecule has 0 saturated heterocycles. The van der Waals surface area contributed by atoms with E-state index in [1.807, 2.05) is 0 Å². The summed E-state index contributed by atoms with van der Waals surface area (Å²) in [6.45, 7) is 0. The molecule has 164 valence electrons. The Bertz CT molecular complexity index is 1330. The molecule has 1 heterocycles. The average molecular weight is 446 g/mol. The summed E-state index contributed by atoms with van der Waals surface area (Å²) < 4.78 is 5.59. The summed E-state index contributed by atoms with van der Waals surface area (Å²) in [5.41, 5.74) is -1.59. The molecular formula is C22H10N2O9-2. The Morgan fingerprint density at radius 2 is 1.30 bits per heavy atom. The number of carboxylic acid groups (broad SMARTS) is 2. The molecule has 1 aliphatic heterocycles. The van der Waals surface area contributed by atoms with Crippen LogP contribution in [-0.4, -0.2) is 28.7 Å². The molecule has 11 heteroatoms. The number of carboxylic acids is 2. The number of nitro benzene ring substituents is 1. The number of non-ortho nitro benzene ring substituents is 1. The Labute approximate surface area is 184 Å². The van der Waals surface area contributed by atoms with E-state index in [0.29, 0.717) is 4.90 Å². The number of carbonyl (C=O) groups excluding carboxylic acids is 4. The van der Waals surface area contributed by atoms with Gasteiger partial charge in [0.2, 0.25) is 0 Å². The van der Waals surface area contributed by atoms with Crippen molar-refractivity contribution in [2.24, 2.45) is 0 Å². The number of hydrogen-bond acceptors (Lipinski definition) is 9. The number of aromatic carboxylic acids is 2. The monoisotopic (exact) mass is 446 g/mol. The number of amides is 2. The number of anilines is 1.